The Morgan fingerprint density at radius 3 is 2.95 bits per heavy atom. The van der Waals surface area contributed by atoms with Gasteiger partial charge in [0.15, 0.2) is 5.82 Å². The van der Waals surface area contributed by atoms with Gasteiger partial charge in [-0.2, -0.15) is 0 Å². The van der Waals surface area contributed by atoms with E-state index in [1.54, 1.807) is 24.3 Å². The molecule has 0 aliphatic carbocycles. The van der Waals surface area contributed by atoms with E-state index in [2.05, 4.69) is 9.97 Å². The molecular weight excluding hydrogens is 297 g/mol. The third kappa shape index (κ3) is 2.72. The fourth-order valence-electron chi connectivity index (χ4n) is 2.31. The minimum absolute atomic E-state index is 0.0514. The number of carbonyl (C=O) groups is 1. The first kappa shape index (κ1) is 13.9. The molecule has 1 N–H and O–H groups in total. The van der Waals surface area contributed by atoms with Crippen molar-refractivity contribution < 1.29 is 14.3 Å². The van der Waals surface area contributed by atoms with E-state index < -0.39 is 11.9 Å². The van der Waals surface area contributed by atoms with Gasteiger partial charge < -0.3 is 10.0 Å². The van der Waals surface area contributed by atoms with Crippen molar-refractivity contribution in [2.75, 3.05) is 11.4 Å². The fraction of sp³-hybridized carbons (Fsp3) is 0.214. The monoisotopic (exact) mass is 307 g/mol. The van der Waals surface area contributed by atoms with Crippen LogP contribution in [0.1, 0.15) is 6.42 Å². The van der Waals surface area contributed by atoms with Gasteiger partial charge in [0.25, 0.3) is 0 Å². The highest BCUT2D eigenvalue weighted by atomic mass is 35.5. The molecule has 7 heteroatoms. The summed E-state index contributed by atoms with van der Waals surface area (Å²) >= 11 is 5.69. The highest BCUT2D eigenvalue weighted by molar-refractivity contribution is 6.28. The first-order valence-electron chi connectivity index (χ1n) is 6.31. The molecule has 0 unspecified atom stereocenters. The predicted molar refractivity (Wildman–Crippen MR) is 75.4 cm³/mol. The van der Waals surface area contributed by atoms with Crippen LogP contribution in [0.3, 0.4) is 0 Å². The lowest BCUT2D eigenvalue weighted by atomic mass is 10.1. The second-order valence-electron chi connectivity index (χ2n) is 4.75. The van der Waals surface area contributed by atoms with Crippen molar-refractivity contribution in [2.24, 2.45) is 0 Å². The van der Waals surface area contributed by atoms with Gasteiger partial charge in [0, 0.05) is 11.3 Å². The van der Waals surface area contributed by atoms with Crippen molar-refractivity contribution in [2.45, 2.75) is 12.5 Å². The van der Waals surface area contributed by atoms with Crippen molar-refractivity contribution in [3.8, 4) is 11.3 Å². The molecule has 1 atom stereocenters. The Labute approximate surface area is 125 Å². The number of nitrogens with zero attached hydrogens (tertiary/aromatic N) is 3. The number of amides is 1. The number of benzene rings is 1. The molecule has 2 aromatic rings. The number of hydrogen-bond acceptors (Lipinski definition) is 4. The zero-order chi connectivity index (χ0) is 15.0. The number of anilines is 1. The Kier molecular flexibility index (Phi) is 3.57. The lowest BCUT2D eigenvalue weighted by Crippen LogP contribution is -2.25. The number of rotatable bonds is 2. The molecule has 1 aliphatic rings. The summed E-state index contributed by atoms with van der Waals surface area (Å²) in [5.74, 6) is -0.759. The summed E-state index contributed by atoms with van der Waals surface area (Å²) in [6.07, 6.45) is 0.423. The smallest absolute Gasteiger partial charge is 0.229 e. The van der Waals surface area contributed by atoms with Crippen molar-refractivity contribution >= 4 is 23.2 Å². The van der Waals surface area contributed by atoms with Crippen molar-refractivity contribution in [1.82, 2.24) is 9.97 Å². The quantitative estimate of drug-likeness (QED) is 0.862. The molecule has 1 amide bonds. The highest BCUT2D eigenvalue weighted by Crippen LogP contribution is 2.28. The molecular formula is C14H11ClFN3O2. The lowest BCUT2D eigenvalue weighted by Gasteiger charge is -2.16. The van der Waals surface area contributed by atoms with Gasteiger partial charge in [-0.3, -0.25) is 4.79 Å². The van der Waals surface area contributed by atoms with E-state index in [9.17, 15) is 14.3 Å². The topological polar surface area (TPSA) is 66.3 Å². The first-order chi connectivity index (χ1) is 10.0. The van der Waals surface area contributed by atoms with Crippen molar-refractivity contribution in [1.29, 1.82) is 0 Å². The van der Waals surface area contributed by atoms with E-state index in [1.807, 2.05) is 0 Å². The Bertz CT molecular complexity index is 710. The summed E-state index contributed by atoms with van der Waals surface area (Å²) in [5, 5.41) is 9.49. The summed E-state index contributed by atoms with van der Waals surface area (Å²) in [5.41, 5.74) is 1.15. The highest BCUT2D eigenvalue weighted by Gasteiger charge is 2.29. The first-order valence-corrected chi connectivity index (χ1v) is 6.69. The lowest BCUT2D eigenvalue weighted by molar-refractivity contribution is -0.117. The molecule has 0 saturated carbocycles. The molecule has 1 aliphatic heterocycles. The van der Waals surface area contributed by atoms with Gasteiger partial charge in [-0.25, -0.2) is 14.4 Å². The Morgan fingerprint density at radius 2 is 2.24 bits per heavy atom. The largest absolute Gasteiger partial charge is 0.391 e. The molecule has 108 valence electrons. The van der Waals surface area contributed by atoms with Gasteiger partial charge in [0.1, 0.15) is 5.69 Å². The number of β-amino-alcohol motifs (C(OH)–C–C–N with tert-alkyl or cyclic N) is 1. The molecule has 1 fully saturated rings. The van der Waals surface area contributed by atoms with Gasteiger partial charge in [0.05, 0.1) is 25.3 Å². The third-order valence-electron chi connectivity index (χ3n) is 3.25. The fourth-order valence-corrected chi connectivity index (χ4v) is 2.44. The van der Waals surface area contributed by atoms with Gasteiger partial charge in [-0.1, -0.05) is 12.1 Å². The van der Waals surface area contributed by atoms with Gasteiger partial charge >= 0.3 is 0 Å². The van der Waals surface area contributed by atoms with Crippen LogP contribution in [0.15, 0.2) is 30.5 Å². The normalized spacial score (nSPS) is 18.3. The number of aromatic nitrogens is 2. The predicted octanol–water partition coefficient (Wildman–Crippen LogP) is 2.03. The maximum absolute atomic E-state index is 13.8. The molecule has 21 heavy (non-hydrogen) atoms. The van der Waals surface area contributed by atoms with Gasteiger partial charge in [-0.05, 0) is 23.7 Å². The Balaban J connectivity index is 2.00. The molecule has 0 radical (unpaired) electrons. The Morgan fingerprint density at radius 1 is 1.43 bits per heavy atom. The maximum atomic E-state index is 13.8. The summed E-state index contributed by atoms with van der Waals surface area (Å²) in [4.78, 5) is 20.7. The van der Waals surface area contributed by atoms with E-state index in [-0.39, 0.29) is 29.9 Å². The minimum atomic E-state index is -0.675. The van der Waals surface area contributed by atoms with Crippen LogP contribution in [0.2, 0.25) is 5.28 Å². The van der Waals surface area contributed by atoms with E-state index in [0.29, 0.717) is 11.3 Å². The third-order valence-corrected chi connectivity index (χ3v) is 3.43. The number of halogens is 2. The van der Waals surface area contributed by atoms with Gasteiger partial charge in [-0.15, -0.1) is 0 Å². The number of aliphatic hydroxyl groups excluding tert-OH is 1. The standard InChI is InChI=1S/C14H11ClFN3O2/c15-14-17-6-11(16)13(18-14)8-2-1-3-9(4-8)19-7-10(20)5-12(19)21/h1-4,6,10,20H,5,7H2/t10-/m1/s1. The number of hydrogen-bond donors (Lipinski definition) is 1. The SMILES string of the molecule is O=C1C[C@@H](O)CN1c1cccc(-c2nc(Cl)ncc2F)c1. The van der Waals surface area contributed by atoms with Crippen LogP contribution in [-0.4, -0.2) is 33.6 Å². The number of aliphatic hydroxyl groups is 1. The second-order valence-corrected chi connectivity index (χ2v) is 5.09. The zero-order valence-corrected chi connectivity index (χ0v) is 11.6. The van der Waals surface area contributed by atoms with E-state index in [1.165, 1.54) is 4.90 Å². The zero-order valence-electron chi connectivity index (χ0n) is 10.8. The Hall–Kier alpha value is -2.05. The summed E-state index contributed by atoms with van der Waals surface area (Å²) in [6, 6.07) is 6.72. The molecule has 0 spiro atoms. The minimum Gasteiger partial charge on any atom is -0.391 e. The van der Waals surface area contributed by atoms with Gasteiger partial charge in [0.2, 0.25) is 11.2 Å². The molecule has 1 aromatic carbocycles. The van der Waals surface area contributed by atoms with Crippen LogP contribution in [-0.2, 0) is 4.79 Å². The molecule has 1 saturated heterocycles. The molecule has 5 nitrogen and oxygen atoms in total. The summed E-state index contributed by atoms with van der Waals surface area (Å²) in [6.45, 7) is 0.231. The summed E-state index contributed by atoms with van der Waals surface area (Å²) < 4.78 is 13.8. The van der Waals surface area contributed by atoms with Crippen LogP contribution in [0.5, 0.6) is 0 Å². The maximum Gasteiger partial charge on any atom is 0.229 e. The molecule has 1 aromatic heterocycles. The van der Waals surface area contributed by atoms with Crippen LogP contribution in [0.4, 0.5) is 10.1 Å². The van der Waals surface area contributed by atoms with Crippen molar-refractivity contribution in [3.63, 3.8) is 0 Å². The van der Waals surface area contributed by atoms with Crippen LogP contribution >= 0.6 is 11.6 Å². The van der Waals surface area contributed by atoms with E-state index >= 15 is 0 Å². The number of carbonyl (C=O) groups excluding carboxylic acids is 1. The molecule has 2 heterocycles. The second kappa shape index (κ2) is 5.38. The van der Waals surface area contributed by atoms with E-state index in [4.69, 9.17) is 11.6 Å². The molecule has 3 rings (SSSR count). The van der Waals surface area contributed by atoms with Crippen LogP contribution in [0, 0.1) is 5.82 Å². The molecule has 0 bridgehead atoms. The average Bonchev–Trinajstić information content (AvgIpc) is 2.80. The average molecular weight is 308 g/mol. The van der Waals surface area contributed by atoms with Crippen molar-refractivity contribution in [3.05, 3.63) is 41.6 Å². The van der Waals surface area contributed by atoms with Crippen LogP contribution < -0.4 is 4.90 Å². The summed E-state index contributed by atoms with van der Waals surface area (Å²) in [7, 11) is 0. The van der Waals surface area contributed by atoms with Crippen LogP contribution in [0.25, 0.3) is 11.3 Å². The van der Waals surface area contributed by atoms with E-state index in [0.717, 1.165) is 6.20 Å².